The van der Waals surface area contributed by atoms with Gasteiger partial charge in [0.1, 0.15) is 5.75 Å². The van der Waals surface area contributed by atoms with Gasteiger partial charge in [-0.1, -0.05) is 41.2 Å². The van der Waals surface area contributed by atoms with Gasteiger partial charge in [0, 0.05) is 5.56 Å². The molecule has 130 valence electrons. The fourth-order valence-electron chi connectivity index (χ4n) is 2.64. The van der Waals surface area contributed by atoms with Gasteiger partial charge in [-0.3, -0.25) is 4.79 Å². The summed E-state index contributed by atoms with van der Waals surface area (Å²) in [6.07, 6.45) is 1.87. The first-order valence-electron chi connectivity index (χ1n) is 8.35. The molecule has 0 N–H and O–H groups in total. The number of aryl methyl sites for hydroxylation is 1. The van der Waals surface area contributed by atoms with E-state index in [0.29, 0.717) is 21.9 Å². The predicted octanol–water partition coefficient (Wildman–Crippen LogP) is 3.07. The molecule has 0 aliphatic carbocycles. The van der Waals surface area contributed by atoms with Gasteiger partial charge >= 0.3 is 0 Å². The van der Waals surface area contributed by atoms with Crippen molar-refractivity contribution < 1.29 is 4.74 Å². The van der Waals surface area contributed by atoms with Gasteiger partial charge < -0.3 is 4.74 Å². The molecule has 0 spiro atoms. The smallest absolute Gasteiger partial charge is 0.291 e. The SMILES string of the molecule is CCOc1ccc(-c2nc3sc(=Cc4ccc(C)cc4)c(=O)n3n2)cc1. The van der Waals surface area contributed by atoms with Crippen LogP contribution in [0.5, 0.6) is 5.75 Å². The molecule has 2 aromatic carbocycles. The fraction of sp³-hybridized carbons (Fsp3) is 0.150. The van der Waals surface area contributed by atoms with Gasteiger partial charge in [-0.05, 0) is 49.8 Å². The lowest BCUT2D eigenvalue weighted by Gasteiger charge is -2.02. The van der Waals surface area contributed by atoms with Crippen molar-refractivity contribution in [1.82, 2.24) is 14.6 Å². The molecular formula is C20H17N3O2S. The summed E-state index contributed by atoms with van der Waals surface area (Å²) in [6, 6.07) is 15.6. The van der Waals surface area contributed by atoms with E-state index >= 15 is 0 Å². The zero-order chi connectivity index (χ0) is 18.1. The molecule has 0 unspecified atom stereocenters. The Hall–Kier alpha value is -2.99. The standard InChI is InChI=1S/C20H17N3O2S/c1-3-25-16-10-8-15(9-11-16)18-21-20-23(22-18)19(24)17(26-20)12-14-6-4-13(2)5-7-14/h4-12H,3H2,1-2H3. The van der Waals surface area contributed by atoms with Crippen molar-refractivity contribution in [3.8, 4) is 17.1 Å². The largest absolute Gasteiger partial charge is 0.494 e. The zero-order valence-electron chi connectivity index (χ0n) is 14.5. The van der Waals surface area contributed by atoms with Crippen molar-refractivity contribution in [2.75, 3.05) is 6.61 Å². The third-order valence-electron chi connectivity index (χ3n) is 3.98. The maximum Gasteiger partial charge on any atom is 0.291 e. The first-order chi connectivity index (χ1) is 12.6. The summed E-state index contributed by atoms with van der Waals surface area (Å²) in [4.78, 5) is 17.7. The Balaban J connectivity index is 1.71. The van der Waals surface area contributed by atoms with Gasteiger partial charge in [0.05, 0.1) is 11.1 Å². The Labute approximate surface area is 154 Å². The normalized spacial score (nSPS) is 12.0. The lowest BCUT2D eigenvalue weighted by atomic mass is 10.1. The summed E-state index contributed by atoms with van der Waals surface area (Å²) in [7, 11) is 0. The topological polar surface area (TPSA) is 56.5 Å². The van der Waals surface area contributed by atoms with E-state index in [2.05, 4.69) is 10.1 Å². The molecule has 5 nitrogen and oxygen atoms in total. The van der Waals surface area contributed by atoms with E-state index < -0.39 is 0 Å². The van der Waals surface area contributed by atoms with Crippen LogP contribution in [-0.2, 0) is 0 Å². The van der Waals surface area contributed by atoms with Crippen LogP contribution in [0.1, 0.15) is 18.1 Å². The van der Waals surface area contributed by atoms with Crippen LogP contribution in [0.15, 0.2) is 53.3 Å². The minimum Gasteiger partial charge on any atom is -0.494 e. The van der Waals surface area contributed by atoms with Crippen LogP contribution >= 0.6 is 11.3 Å². The molecule has 4 rings (SSSR count). The van der Waals surface area contributed by atoms with Crippen molar-refractivity contribution in [1.29, 1.82) is 0 Å². The van der Waals surface area contributed by atoms with E-state index in [-0.39, 0.29) is 5.56 Å². The first-order valence-corrected chi connectivity index (χ1v) is 9.17. The van der Waals surface area contributed by atoms with Crippen molar-refractivity contribution in [2.24, 2.45) is 0 Å². The van der Waals surface area contributed by atoms with Crippen molar-refractivity contribution in [3.05, 3.63) is 74.5 Å². The van der Waals surface area contributed by atoms with E-state index in [9.17, 15) is 4.79 Å². The Morgan fingerprint density at radius 2 is 1.85 bits per heavy atom. The molecular weight excluding hydrogens is 346 g/mol. The zero-order valence-corrected chi connectivity index (χ0v) is 15.3. The van der Waals surface area contributed by atoms with E-state index in [4.69, 9.17) is 4.74 Å². The number of thiazole rings is 1. The molecule has 2 heterocycles. The van der Waals surface area contributed by atoms with E-state index in [1.807, 2.05) is 68.5 Å². The summed E-state index contributed by atoms with van der Waals surface area (Å²) in [6.45, 7) is 4.60. The number of aromatic nitrogens is 3. The van der Waals surface area contributed by atoms with Gasteiger partial charge in [-0.2, -0.15) is 9.50 Å². The minimum atomic E-state index is -0.143. The highest BCUT2D eigenvalue weighted by Crippen LogP contribution is 2.20. The second-order valence-electron chi connectivity index (χ2n) is 5.91. The third kappa shape index (κ3) is 3.11. The molecule has 0 saturated carbocycles. The van der Waals surface area contributed by atoms with Gasteiger partial charge in [0.2, 0.25) is 4.96 Å². The van der Waals surface area contributed by atoms with Crippen molar-refractivity contribution >= 4 is 22.4 Å². The molecule has 2 aromatic heterocycles. The molecule has 0 atom stereocenters. The molecule has 26 heavy (non-hydrogen) atoms. The molecule has 4 aromatic rings. The van der Waals surface area contributed by atoms with Crippen molar-refractivity contribution in [2.45, 2.75) is 13.8 Å². The Kier molecular flexibility index (Phi) is 4.26. The van der Waals surface area contributed by atoms with E-state index in [0.717, 1.165) is 16.9 Å². The highest BCUT2D eigenvalue weighted by molar-refractivity contribution is 7.15. The van der Waals surface area contributed by atoms with Crippen LogP contribution in [0.2, 0.25) is 0 Å². The second kappa shape index (κ2) is 6.72. The summed E-state index contributed by atoms with van der Waals surface area (Å²) >= 11 is 1.35. The first kappa shape index (κ1) is 16.5. The second-order valence-corrected chi connectivity index (χ2v) is 6.92. The number of nitrogens with zero attached hydrogens (tertiary/aromatic N) is 3. The van der Waals surface area contributed by atoms with Crippen LogP contribution in [0, 0.1) is 6.92 Å². The lowest BCUT2D eigenvalue weighted by molar-refractivity contribution is 0.340. The fourth-order valence-corrected chi connectivity index (χ4v) is 3.54. The average molecular weight is 363 g/mol. The number of fused-ring (bicyclic) bond motifs is 1. The highest BCUT2D eigenvalue weighted by Gasteiger charge is 2.12. The van der Waals surface area contributed by atoms with Gasteiger partial charge in [0.25, 0.3) is 5.56 Å². The summed E-state index contributed by atoms with van der Waals surface area (Å²) < 4.78 is 7.44. The van der Waals surface area contributed by atoms with Crippen LogP contribution < -0.4 is 14.8 Å². The highest BCUT2D eigenvalue weighted by atomic mass is 32.1. The Bertz CT molecular complexity index is 1160. The Morgan fingerprint density at radius 3 is 2.50 bits per heavy atom. The number of ether oxygens (including phenoxy) is 1. The minimum absolute atomic E-state index is 0.143. The van der Waals surface area contributed by atoms with E-state index in [1.165, 1.54) is 21.4 Å². The summed E-state index contributed by atoms with van der Waals surface area (Å²) in [5.74, 6) is 1.34. The summed E-state index contributed by atoms with van der Waals surface area (Å²) in [5.41, 5.74) is 2.89. The van der Waals surface area contributed by atoms with Gasteiger partial charge in [-0.15, -0.1) is 5.10 Å². The van der Waals surface area contributed by atoms with E-state index in [1.54, 1.807) is 0 Å². The molecule has 0 bridgehead atoms. The molecule has 0 fully saturated rings. The molecule has 0 amide bonds. The van der Waals surface area contributed by atoms with Crippen LogP contribution in [0.3, 0.4) is 0 Å². The maximum absolute atomic E-state index is 12.6. The molecule has 0 aliphatic rings. The number of rotatable bonds is 4. The average Bonchev–Trinajstić information content (AvgIpc) is 3.18. The predicted molar refractivity (Wildman–Crippen MR) is 104 cm³/mol. The van der Waals surface area contributed by atoms with Crippen LogP contribution in [-0.4, -0.2) is 21.2 Å². The number of hydrogen-bond donors (Lipinski definition) is 0. The van der Waals surface area contributed by atoms with Crippen LogP contribution in [0.25, 0.3) is 22.4 Å². The number of benzene rings is 2. The van der Waals surface area contributed by atoms with Crippen molar-refractivity contribution in [3.63, 3.8) is 0 Å². The monoisotopic (exact) mass is 363 g/mol. The van der Waals surface area contributed by atoms with Gasteiger partial charge in [0.15, 0.2) is 5.82 Å². The molecule has 0 saturated heterocycles. The molecule has 0 aliphatic heterocycles. The third-order valence-corrected chi connectivity index (χ3v) is 4.94. The molecule has 0 radical (unpaired) electrons. The Morgan fingerprint density at radius 1 is 1.12 bits per heavy atom. The summed E-state index contributed by atoms with van der Waals surface area (Å²) in [5, 5.41) is 4.38. The quantitative estimate of drug-likeness (QED) is 0.559. The molecule has 6 heteroatoms. The van der Waals surface area contributed by atoms with Crippen LogP contribution in [0.4, 0.5) is 0 Å². The van der Waals surface area contributed by atoms with Gasteiger partial charge in [-0.25, -0.2) is 0 Å². The lowest BCUT2D eigenvalue weighted by Crippen LogP contribution is -2.23. The number of hydrogen-bond acceptors (Lipinski definition) is 5. The maximum atomic E-state index is 12.6.